The largest absolute Gasteiger partial charge is 0.416 e. The quantitative estimate of drug-likeness (QED) is 0.868. The van der Waals surface area contributed by atoms with Crippen molar-refractivity contribution in [1.29, 1.82) is 0 Å². The molecule has 0 atom stereocenters. The van der Waals surface area contributed by atoms with Crippen LogP contribution in [-0.4, -0.2) is 0 Å². The molecular formula is C17H18F3N. The van der Waals surface area contributed by atoms with Crippen LogP contribution in [0.15, 0.2) is 42.5 Å². The van der Waals surface area contributed by atoms with E-state index >= 15 is 0 Å². The fourth-order valence-corrected chi connectivity index (χ4v) is 2.27. The molecular weight excluding hydrogens is 275 g/mol. The third-order valence-corrected chi connectivity index (χ3v) is 3.46. The number of hydrogen-bond donors (Lipinski definition) is 1. The van der Waals surface area contributed by atoms with Crippen molar-refractivity contribution in [1.82, 2.24) is 5.32 Å². The molecule has 4 heteroatoms. The molecule has 0 unspecified atom stereocenters. The molecule has 0 saturated heterocycles. The second kappa shape index (κ2) is 6.31. The average Bonchev–Trinajstić information content (AvgIpc) is 2.42. The normalized spacial score (nSPS) is 11.7. The molecule has 21 heavy (non-hydrogen) atoms. The van der Waals surface area contributed by atoms with Gasteiger partial charge in [-0.25, -0.2) is 0 Å². The Bertz CT molecular complexity index is 618. The van der Waals surface area contributed by atoms with Crippen molar-refractivity contribution < 1.29 is 13.2 Å². The second-order valence-corrected chi connectivity index (χ2v) is 5.19. The highest BCUT2D eigenvalue weighted by molar-refractivity contribution is 5.31. The van der Waals surface area contributed by atoms with Gasteiger partial charge in [0.05, 0.1) is 5.56 Å². The molecule has 0 fully saturated rings. The number of benzene rings is 2. The molecule has 1 N–H and O–H groups in total. The van der Waals surface area contributed by atoms with Crippen LogP contribution < -0.4 is 5.32 Å². The van der Waals surface area contributed by atoms with Gasteiger partial charge < -0.3 is 5.32 Å². The van der Waals surface area contributed by atoms with Crippen LogP contribution in [0.2, 0.25) is 0 Å². The molecule has 1 nitrogen and oxygen atoms in total. The predicted octanol–water partition coefficient (Wildman–Crippen LogP) is 4.61. The number of alkyl halides is 3. The number of halogens is 3. The van der Waals surface area contributed by atoms with Crippen LogP contribution in [0.3, 0.4) is 0 Å². The van der Waals surface area contributed by atoms with Crippen molar-refractivity contribution in [3.63, 3.8) is 0 Å². The predicted molar refractivity (Wildman–Crippen MR) is 77.9 cm³/mol. The van der Waals surface area contributed by atoms with Crippen molar-refractivity contribution in [3.05, 3.63) is 70.3 Å². The van der Waals surface area contributed by atoms with Crippen LogP contribution in [-0.2, 0) is 19.3 Å². The molecule has 0 amide bonds. The van der Waals surface area contributed by atoms with E-state index in [0.29, 0.717) is 6.54 Å². The van der Waals surface area contributed by atoms with E-state index in [-0.39, 0.29) is 12.1 Å². The lowest BCUT2D eigenvalue weighted by Gasteiger charge is -2.14. The summed E-state index contributed by atoms with van der Waals surface area (Å²) >= 11 is 0. The smallest absolute Gasteiger partial charge is 0.309 e. The third kappa shape index (κ3) is 4.08. The van der Waals surface area contributed by atoms with E-state index in [0.717, 1.165) is 22.8 Å². The summed E-state index contributed by atoms with van der Waals surface area (Å²) in [5.41, 5.74) is 3.10. The summed E-state index contributed by atoms with van der Waals surface area (Å²) in [6, 6.07) is 11.8. The van der Waals surface area contributed by atoms with E-state index in [1.807, 2.05) is 26.0 Å². The molecule has 2 aromatic rings. The minimum absolute atomic E-state index is 0.197. The Hall–Kier alpha value is -1.81. The van der Waals surface area contributed by atoms with Gasteiger partial charge in [-0.05, 0) is 36.6 Å². The molecule has 2 aromatic carbocycles. The first-order valence-electron chi connectivity index (χ1n) is 6.80. The minimum Gasteiger partial charge on any atom is -0.309 e. The van der Waals surface area contributed by atoms with E-state index in [4.69, 9.17) is 0 Å². The molecule has 2 rings (SSSR count). The van der Waals surface area contributed by atoms with Crippen molar-refractivity contribution in [3.8, 4) is 0 Å². The van der Waals surface area contributed by atoms with E-state index in [1.165, 1.54) is 12.1 Å². The lowest BCUT2D eigenvalue weighted by atomic mass is 10.0. The Morgan fingerprint density at radius 3 is 2.29 bits per heavy atom. The highest BCUT2D eigenvalue weighted by Gasteiger charge is 2.32. The molecule has 0 aliphatic heterocycles. The van der Waals surface area contributed by atoms with Gasteiger partial charge in [-0.15, -0.1) is 0 Å². The molecule has 0 radical (unpaired) electrons. The molecule has 0 bridgehead atoms. The number of rotatable bonds is 4. The summed E-state index contributed by atoms with van der Waals surface area (Å²) in [5, 5.41) is 3.10. The van der Waals surface area contributed by atoms with Crippen molar-refractivity contribution in [2.45, 2.75) is 33.1 Å². The highest BCUT2D eigenvalue weighted by atomic mass is 19.4. The van der Waals surface area contributed by atoms with Crippen molar-refractivity contribution in [2.24, 2.45) is 0 Å². The summed E-state index contributed by atoms with van der Waals surface area (Å²) in [4.78, 5) is 0. The van der Waals surface area contributed by atoms with E-state index < -0.39 is 11.7 Å². The first-order valence-corrected chi connectivity index (χ1v) is 6.80. The van der Waals surface area contributed by atoms with Gasteiger partial charge >= 0.3 is 6.18 Å². The van der Waals surface area contributed by atoms with E-state index in [9.17, 15) is 13.2 Å². The van der Waals surface area contributed by atoms with Crippen LogP contribution in [0, 0.1) is 13.8 Å². The van der Waals surface area contributed by atoms with Crippen LogP contribution >= 0.6 is 0 Å². The fourth-order valence-electron chi connectivity index (χ4n) is 2.27. The van der Waals surface area contributed by atoms with Gasteiger partial charge in [0.15, 0.2) is 0 Å². The zero-order valence-electron chi connectivity index (χ0n) is 12.1. The molecule has 0 aliphatic carbocycles. The zero-order chi connectivity index (χ0) is 15.5. The van der Waals surface area contributed by atoms with Crippen LogP contribution in [0.25, 0.3) is 0 Å². The zero-order valence-corrected chi connectivity index (χ0v) is 12.1. The SMILES string of the molecule is Cc1ccc(C)c(CNCc2ccccc2C(F)(F)F)c1. The van der Waals surface area contributed by atoms with Crippen LogP contribution in [0.4, 0.5) is 13.2 Å². The topological polar surface area (TPSA) is 12.0 Å². The molecule has 0 aliphatic rings. The number of nitrogens with one attached hydrogen (secondary N) is 1. The van der Waals surface area contributed by atoms with E-state index in [2.05, 4.69) is 11.4 Å². The molecule has 0 saturated carbocycles. The summed E-state index contributed by atoms with van der Waals surface area (Å²) in [6.45, 7) is 4.75. The number of aryl methyl sites for hydroxylation is 2. The Morgan fingerprint density at radius 1 is 0.905 bits per heavy atom. The average molecular weight is 293 g/mol. The van der Waals surface area contributed by atoms with Crippen LogP contribution in [0.5, 0.6) is 0 Å². The summed E-state index contributed by atoms with van der Waals surface area (Å²) in [7, 11) is 0. The maximum absolute atomic E-state index is 12.9. The van der Waals surface area contributed by atoms with Gasteiger partial charge in [0.1, 0.15) is 0 Å². The van der Waals surface area contributed by atoms with Gasteiger partial charge in [0, 0.05) is 13.1 Å². The lowest BCUT2D eigenvalue weighted by molar-refractivity contribution is -0.138. The maximum Gasteiger partial charge on any atom is 0.416 e. The van der Waals surface area contributed by atoms with Gasteiger partial charge in [-0.3, -0.25) is 0 Å². The second-order valence-electron chi connectivity index (χ2n) is 5.19. The number of hydrogen-bond acceptors (Lipinski definition) is 1. The van der Waals surface area contributed by atoms with Crippen molar-refractivity contribution >= 4 is 0 Å². The molecule has 0 spiro atoms. The molecule has 0 aromatic heterocycles. The Morgan fingerprint density at radius 2 is 1.57 bits per heavy atom. The Labute approximate surface area is 122 Å². The van der Waals surface area contributed by atoms with Gasteiger partial charge in [0.25, 0.3) is 0 Å². The van der Waals surface area contributed by atoms with Gasteiger partial charge in [0.2, 0.25) is 0 Å². The third-order valence-electron chi connectivity index (χ3n) is 3.46. The summed E-state index contributed by atoms with van der Waals surface area (Å²) in [5.74, 6) is 0. The fraction of sp³-hybridized carbons (Fsp3) is 0.294. The highest BCUT2D eigenvalue weighted by Crippen LogP contribution is 2.31. The van der Waals surface area contributed by atoms with E-state index in [1.54, 1.807) is 6.07 Å². The Balaban J connectivity index is 2.06. The van der Waals surface area contributed by atoms with Crippen molar-refractivity contribution in [2.75, 3.05) is 0 Å². The first kappa shape index (κ1) is 15.6. The summed E-state index contributed by atoms with van der Waals surface area (Å²) in [6.07, 6.45) is -4.31. The molecule has 0 heterocycles. The van der Waals surface area contributed by atoms with Gasteiger partial charge in [-0.1, -0.05) is 42.0 Å². The van der Waals surface area contributed by atoms with Gasteiger partial charge in [-0.2, -0.15) is 13.2 Å². The standard InChI is InChI=1S/C17H18F3N/c1-12-7-8-13(2)15(9-12)11-21-10-14-5-3-4-6-16(14)17(18,19)20/h3-9,21H,10-11H2,1-2H3. The van der Waals surface area contributed by atoms with Crippen LogP contribution in [0.1, 0.15) is 27.8 Å². The summed E-state index contributed by atoms with van der Waals surface area (Å²) < 4.78 is 38.7. The maximum atomic E-state index is 12.9. The minimum atomic E-state index is -4.31. The molecule has 112 valence electrons. The first-order chi connectivity index (χ1) is 9.88. The Kier molecular flexibility index (Phi) is 4.68. The lowest BCUT2D eigenvalue weighted by Crippen LogP contribution is -2.17. The monoisotopic (exact) mass is 293 g/mol.